The SMILES string of the molecule is CC1CC=CC2=C1C(C)(C)c1ccccc1N2c1cc2c(cc1N1c3ccccc3C(C)(C)c3ccccc31)C(=O)n1c-2nc2ccccc21. The predicted octanol–water partition coefficient (Wildman–Crippen LogP) is 11.1. The van der Waals surface area contributed by atoms with E-state index in [1.807, 2.05) is 24.3 Å². The second-order valence-electron chi connectivity index (χ2n) is 15.3. The molecule has 0 fully saturated rings. The van der Waals surface area contributed by atoms with Crippen LogP contribution in [0.4, 0.5) is 28.4 Å². The molecule has 0 radical (unpaired) electrons. The molecule has 244 valence electrons. The highest BCUT2D eigenvalue weighted by Crippen LogP contribution is 2.58. The molecule has 0 N–H and O–H groups in total. The molecule has 5 heteroatoms. The van der Waals surface area contributed by atoms with Gasteiger partial charge in [0.1, 0.15) is 5.82 Å². The first-order valence-electron chi connectivity index (χ1n) is 17.7. The summed E-state index contributed by atoms with van der Waals surface area (Å²) in [6.45, 7) is 11.7. The number of carbonyl (C=O) groups excluding carboxylic acids is 1. The third-order valence-electron chi connectivity index (χ3n) is 11.7. The number of hydrogen-bond acceptors (Lipinski definition) is 4. The fraction of sp³-hybridized carbons (Fsp3) is 0.200. The van der Waals surface area contributed by atoms with E-state index in [2.05, 4.69) is 141 Å². The maximum Gasteiger partial charge on any atom is 0.264 e. The number of hydrogen-bond donors (Lipinski definition) is 0. The normalized spacial score (nSPS) is 19.1. The highest BCUT2D eigenvalue weighted by molar-refractivity contribution is 6.15. The average molecular weight is 651 g/mol. The maximum atomic E-state index is 14.5. The van der Waals surface area contributed by atoms with Crippen molar-refractivity contribution in [2.75, 3.05) is 9.80 Å². The summed E-state index contributed by atoms with van der Waals surface area (Å²) in [6.07, 6.45) is 5.66. The Morgan fingerprint density at radius 1 is 0.640 bits per heavy atom. The molecule has 5 aromatic carbocycles. The number of para-hydroxylation sites is 5. The van der Waals surface area contributed by atoms with Gasteiger partial charge in [-0.2, -0.15) is 0 Å². The van der Waals surface area contributed by atoms with Gasteiger partial charge >= 0.3 is 0 Å². The molecule has 0 saturated heterocycles. The van der Waals surface area contributed by atoms with Crippen molar-refractivity contribution in [1.82, 2.24) is 9.55 Å². The molecule has 6 aromatic rings. The molecule has 1 aromatic heterocycles. The van der Waals surface area contributed by atoms with Crippen molar-refractivity contribution < 1.29 is 4.79 Å². The summed E-state index contributed by atoms with van der Waals surface area (Å²) in [4.78, 5) is 24.4. The number of carbonyl (C=O) groups is 1. The summed E-state index contributed by atoms with van der Waals surface area (Å²) >= 11 is 0. The molecule has 3 aliphatic heterocycles. The average Bonchev–Trinajstić information content (AvgIpc) is 3.63. The molecule has 0 bridgehead atoms. The lowest BCUT2D eigenvalue weighted by Gasteiger charge is -2.48. The Labute approximate surface area is 292 Å². The summed E-state index contributed by atoms with van der Waals surface area (Å²) in [6, 6.07) is 38.7. The van der Waals surface area contributed by atoms with E-state index in [0.717, 1.165) is 51.5 Å². The quantitative estimate of drug-likeness (QED) is 0.187. The van der Waals surface area contributed by atoms with Crippen molar-refractivity contribution in [3.63, 3.8) is 0 Å². The number of fused-ring (bicyclic) bond motifs is 8. The summed E-state index contributed by atoms with van der Waals surface area (Å²) in [7, 11) is 0. The van der Waals surface area contributed by atoms with E-state index in [4.69, 9.17) is 4.98 Å². The Morgan fingerprint density at radius 2 is 1.18 bits per heavy atom. The number of rotatable bonds is 2. The van der Waals surface area contributed by atoms with Crippen LogP contribution in [-0.4, -0.2) is 15.5 Å². The van der Waals surface area contributed by atoms with Crippen LogP contribution < -0.4 is 9.80 Å². The van der Waals surface area contributed by atoms with Gasteiger partial charge in [-0.15, -0.1) is 0 Å². The number of benzene rings is 5. The van der Waals surface area contributed by atoms with Crippen LogP contribution in [0.3, 0.4) is 0 Å². The van der Waals surface area contributed by atoms with Gasteiger partial charge in [-0.1, -0.05) is 107 Å². The van der Waals surface area contributed by atoms with Crippen molar-refractivity contribution in [2.45, 2.75) is 51.9 Å². The Kier molecular flexibility index (Phi) is 5.82. The zero-order valence-electron chi connectivity index (χ0n) is 29.0. The van der Waals surface area contributed by atoms with Gasteiger partial charge in [0.2, 0.25) is 0 Å². The second kappa shape index (κ2) is 9.95. The Bertz CT molecular complexity index is 2480. The molecule has 0 spiro atoms. The lowest BCUT2D eigenvalue weighted by molar-refractivity contribution is 0.0973. The van der Waals surface area contributed by atoms with Gasteiger partial charge in [0.15, 0.2) is 0 Å². The van der Waals surface area contributed by atoms with Crippen LogP contribution in [-0.2, 0) is 10.8 Å². The topological polar surface area (TPSA) is 41.4 Å². The first-order valence-corrected chi connectivity index (χ1v) is 17.7. The molecule has 1 unspecified atom stereocenters. The van der Waals surface area contributed by atoms with E-state index in [-0.39, 0.29) is 16.7 Å². The first kappa shape index (κ1) is 29.3. The van der Waals surface area contributed by atoms with Crippen LogP contribution >= 0.6 is 0 Å². The number of nitrogens with zero attached hydrogens (tertiary/aromatic N) is 4. The van der Waals surface area contributed by atoms with Crippen LogP contribution in [0.5, 0.6) is 0 Å². The molecule has 10 rings (SSSR count). The van der Waals surface area contributed by atoms with Crippen molar-refractivity contribution >= 4 is 45.4 Å². The van der Waals surface area contributed by atoms with E-state index >= 15 is 0 Å². The number of allylic oxidation sites excluding steroid dienone is 3. The molecule has 1 aliphatic carbocycles. The van der Waals surface area contributed by atoms with Crippen molar-refractivity contribution in [1.29, 1.82) is 0 Å². The molecule has 5 nitrogen and oxygen atoms in total. The van der Waals surface area contributed by atoms with Gasteiger partial charge in [-0.05, 0) is 83.1 Å². The summed E-state index contributed by atoms with van der Waals surface area (Å²) in [5, 5.41) is 0. The number of aromatic nitrogens is 2. The largest absolute Gasteiger partial charge is 0.308 e. The number of anilines is 5. The molecular formula is C45H38N4O. The van der Waals surface area contributed by atoms with Gasteiger partial charge in [-0.3, -0.25) is 9.36 Å². The first-order chi connectivity index (χ1) is 24.2. The van der Waals surface area contributed by atoms with Crippen molar-refractivity contribution in [3.05, 3.63) is 155 Å². The minimum absolute atomic E-state index is 0.0401. The zero-order chi connectivity index (χ0) is 34.1. The van der Waals surface area contributed by atoms with E-state index in [9.17, 15) is 4.79 Å². The highest BCUT2D eigenvalue weighted by atomic mass is 16.2. The van der Waals surface area contributed by atoms with Crippen molar-refractivity contribution in [3.8, 4) is 11.4 Å². The molecular weight excluding hydrogens is 613 g/mol. The Hall–Kier alpha value is -5.68. The standard InChI is InChI=1S/C45H38N4O/c1-27-15-14-24-38-41(27)45(4,5)32-18-8-12-22-36(32)48(38)39-25-28-29(43(50)49-37-23-13-9-19-33(37)46-42(28)49)26-40(39)47-34-20-10-6-16-30(34)44(2,3)31-17-7-11-21-35(31)47/h6-14,16-27H,15H2,1-5H3. The van der Waals surface area contributed by atoms with Crippen molar-refractivity contribution in [2.24, 2.45) is 5.92 Å². The molecule has 4 heterocycles. The van der Waals surface area contributed by atoms with Gasteiger partial charge in [0.25, 0.3) is 5.91 Å². The molecule has 1 atom stereocenters. The van der Waals surface area contributed by atoms with Gasteiger partial charge < -0.3 is 9.80 Å². The van der Waals surface area contributed by atoms with Gasteiger partial charge in [0.05, 0.1) is 45.0 Å². The lowest BCUT2D eigenvalue weighted by Crippen LogP contribution is -2.38. The fourth-order valence-corrected chi connectivity index (χ4v) is 9.46. The van der Waals surface area contributed by atoms with Crippen LogP contribution in [0.1, 0.15) is 68.1 Å². The minimum atomic E-state index is -0.212. The lowest BCUT2D eigenvalue weighted by atomic mass is 9.67. The zero-order valence-corrected chi connectivity index (χ0v) is 29.0. The van der Waals surface area contributed by atoms with E-state index in [1.165, 1.54) is 28.0 Å². The van der Waals surface area contributed by atoms with Crippen LogP contribution in [0.2, 0.25) is 0 Å². The molecule has 0 saturated carbocycles. The fourth-order valence-electron chi connectivity index (χ4n) is 9.46. The smallest absolute Gasteiger partial charge is 0.264 e. The second-order valence-corrected chi connectivity index (χ2v) is 15.3. The van der Waals surface area contributed by atoms with Gasteiger partial charge in [-0.25, -0.2) is 4.98 Å². The molecule has 50 heavy (non-hydrogen) atoms. The number of imidazole rings is 1. The minimum Gasteiger partial charge on any atom is -0.308 e. The highest BCUT2D eigenvalue weighted by Gasteiger charge is 2.44. The van der Waals surface area contributed by atoms with E-state index in [1.54, 1.807) is 4.57 Å². The Balaban J connectivity index is 1.34. The predicted molar refractivity (Wildman–Crippen MR) is 203 cm³/mol. The molecule has 0 amide bonds. The van der Waals surface area contributed by atoms with Crippen LogP contribution in [0.15, 0.2) is 133 Å². The summed E-state index contributed by atoms with van der Waals surface area (Å²) in [5.74, 6) is 1.04. The van der Waals surface area contributed by atoms with Gasteiger partial charge in [0, 0.05) is 22.1 Å². The third kappa shape index (κ3) is 3.67. The molecule has 4 aliphatic rings. The Morgan fingerprint density at radius 3 is 1.86 bits per heavy atom. The summed E-state index contributed by atoms with van der Waals surface area (Å²) < 4.78 is 1.80. The van der Waals surface area contributed by atoms with Crippen LogP contribution in [0.25, 0.3) is 22.4 Å². The van der Waals surface area contributed by atoms with E-state index in [0.29, 0.717) is 17.3 Å². The maximum absolute atomic E-state index is 14.5. The summed E-state index contributed by atoms with van der Waals surface area (Å²) in [5.41, 5.74) is 14.7. The monoisotopic (exact) mass is 650 g/mol. The van der Waals surface area contributed by atoms with Crippen LogP contribution in [0, 0.1) is 5.92 Å². The van der Waals surface area contributed by atoms with E-state index < -0.39 is 0 Å². The third-order valence-corrected chi connectivity index (χ3v) is 11.7.